The summed E-state index contributed by atoms with van der Waals surface area (Å²) in [6, 6.07) is 11.8. The van der Waals surface area contributed by atoms with Crippen LogP contribution in [-0.2, 0) is 0 Å². The molecule has 1 aliphatic carbocycles. The zero-order valence-electron chi connectivity index (χ0n) is 13.5. The molecular formula is C18H26ClN3O. The van der Waals surface area contributed by atoms with Crippen LogP contribution in [0, 0.1) is 0 Å². The fraction of sp³-hybridized carbons (Fsp3) is 0.611. The van der Waals surface area contributed by atoms with Crippen LogP contribution in [0.15, 0.2) is 30.3 Å². The molecule has 23 heavy (non-hydrogen) atoms. The van der Waals surface area contributed by atoms with Crippen LogP contribution >= 0.6 is 12.4 Å². The van der Waals surface area contributed by atoms with Crippen molar-refractivity contribution in [1.82, 2.24) is 15.1 Å². The topological polar surface area (TPSA) is 35.6 Å². The molecule has 1 saturated carbocycles. The van der Waals surface area contributed by atoms with Gasteiger partial charge in [0, 0.05) is 25.7 Å². The molecule has 2 unspecified atom stereocenters. The number of fused-ring (bicyclic) bond motifs is 1. The summed E-state index contributed by atoms with van der Waals surface area (Å²) >= 11 is 0. The molecule has 2 amide bonds. The van der Waals surface area contributed by atoms with Crippen LogP contribution in [0.4, 0.5) is 4.79 Å². The lowest BCUT2D eigenvalue weighted by molar-refractivity contribution is 0.146. The standard InChI is InChI=1S/C18H25N3O.ClH/c22-18-20-12-11-19-13-16(20)17(14-7-3-1-4-8-14)21(18)15-9-5-2-6-10-15;/h1,3-4,7-8,15-17,19H,2,5-6,9-13H2;1H. The van der Waals surface area contributed by atoms with E-state index in [4.69, 9.17) is 0 Å². The van der Waals surface area contributed by atoms with E-state index >= 15 is 0 Å². The van der Waals surface area contributed by atoms with Crippen LogP contribution < -0.4 is 5.32 Å². The van der Waals surface area contributed by atoms with Crippen molar-refractivity contribution in [3.63, 3.8) is 0 Å². The molecule has 1 aromatic rings. The Kier molecular flexibility index (Phi) is 5.12. The van der Waals surface area contributed by atoms with Gasteiger partial charge in [-0.15, -0.1) is 12.4 Å². The average molecular weight is 336 g/mol. The molecule has 1 aromatic carbocycles. The molecule has 1 N–H and O–H groups in total. The van der Waals surface area contributed by atoms with Gasteiger partial charge < -0.3 is 15.1 Å². The van der Waals surface area contributed by atoms with Crippen molar-refractivity contribution < 1.29 is 4.79 Å². The second-order valence-corrected chi connectivity index (χ2v) is 6.80. The Morgan fingerprint density at radius 2 is 1.78 bits per heavy atom. The Hall–Kier alpha value is -1.26. The summed E-state index contributed by atoms with van der Waals surface area (Å²) in [5.41, 5.74) is 1.29. The van der Waals surface area contributed by atoms with Crippen molar-refractivity contribution in [2.75, 3.05) is 19.6 Å². The maximum Gasteiger partial charge on any atom is 0.321 e. The van der Waals surface area contributed by atoms with E-state index in [0.717, 1.165) is 19.6 Å². The highest BCUT2D eigenvalue weighted by Gasteiger charge is 2.49. The Labute approximate surface area is 144 Å². The molecule has 126 valence electrons. The molecule has 0 radical (unpaired) electrons. The number of urea groups is 1. The molecule has 3 aliphatic rings. The second kappa shape index (κ2) is 7.10. The zero-order valence-corrected chi connectivity index (χ0v) is 14.3. The molecule has 2 aliphatic heterocycles. The van der Waals surface area contributed by atoms with E-state index < -0.39 is 0 Å². The van der Waals surface area contributed by atoms with Crippen LogP contribution in [0.5, 0.6) is 0 Å². The third kappa shape index (κ3) is 2.94. The van der Waals surface area contributed by atoms with Crippen molar-refractivity contribution in [2.45, 2.75) is 50.2 Å². The third-order valence-corrected chi connectivity index (χ3v) is 5.52. The lowest BCUT2D eigenvalue weighted by atomic mass is 9.91. The van der Waals surface area contributed by atoms with Gasteiger partial charge in [-0.2, -0.15) is 0 Å². The van der Waals surface area contributed by atoms with Crippen LogP contribution in [0.3, 0.4) is 0 Å². The molecule has 4 nitrogen and oxygen atoms in total. The van der Waals surface area contributed by atoms with Gasteiger partial charge in [-0.3, -0.25) is 0 Å². The summed E-state index contributed by atoms with van der Waals surface area (Å²) in [7, 11) is 0. The largest absolute Gasteiger partial charge is 0.321 e. The molecule has 5 heteroatoms. The van der Waals surface area contributed by atoms with E-state index in [0.29, 0.717) is 6.04 Å². The van der Waals surface area contributed by atoms with E-state index in [-0.39, 0.29) is 30.5 Å². The maximum absolute atomic E-state index is 13.0. The predicted molar refractivity (Wildman–Crippen MR) is 93.9 cm³/mol. The third-order valence-electron chi connectivity index (χ3n) is 5.52. The molecule has 2 heterocycles. The first-order valence-electron chi connectivity index (χ1n) is 8.71. The normalized spacial score (nSPS) is 28.4. The van der Waals surface area contributed by atoms with Gasteiger partial charge in [-0.25, -0.2) is 4.79 Å². The number of amides is 2. The number of nitrogens with one attached hydrogen (secondary N) is 1. The number of rotatable bonds is 2. The SMILES string of the molecule is Cl.O=C1N2CCNCC2C(c2ccccc2)N1C1CCCCC1. The first-order chi connectivity index (χ1) is 10.9. The molecule has 0 aromatic heterocycles. The highest BCUT2D eigenvalue weighted by Crippen LogP contribution is 2.40. The van der Waals surface area contributed by atoms with Gasteiger partial charge in [0.15, 0.2) is 0 Å². The summed E-state index contributed by atoms with van der Waals surface area (Å²) in [6.07, 6.45) is 6.19. The van der Waals surface area contributed by atoms with E-state index in [9.17, 15) is 4.79 Å². The number of hydrogen-bond acceptors (Lipinski definition) is 2. The number of piperazine rings is 1. The molecule has 0 spiro atoms. The maximum atomic E-state index is 13.0. The van der Waals surface area contributed by atoms with E-state index in [1.807, 2.05) is 0 Å². The highest BCUT2D eigenvalue weighted by atomic mass is 35.5. The Morgan fingerprint density at radius 3 is 2.52 bits per heavy atom. The van der Waals surface area contributed by atoms with Gasteiger partial charge in [-0.1, -0.05) is 49.6 Å². The van der Waals surface area contributed by atoms with E-state index in [1.165, 1.54) is 37.7 Å². The Balaban J connectivity index is 0.00000156. The van der Waals surface area contributed by atoms with Crippen LogP contribution in [0.2, 0.25) is 0 Å². The number of carbonyl (C=O) groups is 1. The van der Waals surface area contributed by atoms with Gasteiger partial charge in [0.05, 0.1) is 12.1 Å². The first kappa shape index (κ1) is 16.6. The Bertz CT molecular complexity index is 532. The summed E-state index contributed by atoms with van der Waals surface area (Å²) in [5, 5.41) is 3.48. The lowest BCUT2D eigenvalue weighted by Gasteiger charge is -2.36. The Morgan fingerprint density at radius 1 is 1.04 bits per heavy atom. The molecule has 3 fully saturated rings. The van der Waals surface area contributed by atoms with Gasteiger partial charge in [0.1, 0.15) is 0 Å². The summed E-state index contributed by atoms with van der Waals surface area (Å²) in [4.78, 5) is 17.4. The summed E-state index contributed by atoms with van der Waals surface area (Å²) < 4.78 is 0. The molecule has 0 bridgehead atoms. The average Bonchev–Trinajstić information content (AvgIpc) is 2.90. The number of halogens is 1. The number of carbonyl (C=O) groups excluding carboxylic acids is 1. The van der Waals surface area contributed by atoms with Crippen LogP contribution in [0.25, 0.3) is 0 Å². The number of nitrogens with zero attached hydrogens (tertiary/aromatic N) is 2. The smallest absolute Gasteiger partial charge is 0.317 e. The van der Waals surface area contributed by atoms with Gasteiger partial charge in [-0.05, 0) is 18.4 Å². The van der Waals surface area contributed by atoms with Crippen molar-refractivity contribution in [3.05, 3.63) is 35.9 Å². The summed E-state index contributed by atoms with van der Waals surface area (Å²) in [5.74, 6) is 0. The van der Waals surface area contributed by atoms with E-state index in [1.54, 1.807) is 0 Å². The minimum absolute atomic E-state index is 0. The molecule has 2 saturated heterocycles. The molecule has 2 atom stereocenters. The van der Waals surface area contributed by atoms with Crippen molar-refractivity contribution in [2.24, 2.45) is 0 Å². The highest BCUT2D eigenvalue weighted by molar-refractivity contribution is 5.85. The monoisotopic (exact) mass is 335 g/mol. The lowest BCUT2D eigenvalue weighted by Crippen LogP contribution is -2.50. The second-order valence-electron chi connectivity index (χ2n) is 6.80. The minimum Gasteiger partial charge on any atom is -0.317 e. The van der Waals surface area contributed by atoms with Gasteiger partial charge >= 0.3 is 6.03 Å². The first-order valence-corrected chi connectivity index (χ1v) is 8.71. The number of hydrogen-bond donors (Lipinski definition) is 1. The molecule has 4 rings (SSSR count). The van der Waals surface area contributed by atoms with Crippen molar-refractivity contribution in [1.29, 1.82) is 0 Å². The van der Waals surface area contributed by atoms with Crippen molar-refractivity contribution >= 4 is 18.4 Å². The van der Waals surface area contributed by atoms with Crippen molar-refractivity contribution in [3.8, 4) is 0 Å². The molecular weight excluding hydrogens is 310 g/mol. The predicted octanol–water partition coefficient (Wildman–Crippen LogP) is 3.19. The zero-order chi connectivity index (χ0) is 14.9. The van der Waals surface area contributed by atoms with E-state index in [2.05, 4.69) is 45.4 Å². The van der Waals surface area contributed by atoms with Gasteiger partial charge in [0.25, 0.3) is 0 Å². The fourth-order valence-electron chi connectivity index (χ4n) is 4.47. The minimum atomic E-state index is 0. The quantitative estimate of drug-likeness (QED) is 0.901. The number of benzene rings is 1. The fourth-order valence-corrected chi connectivity index (χ4v) is 4.47. The van der Waals surface area contributed by atoms with Gasteiger partial charge in [0.2, 0.25) is 0 Å². The van der Waals surface area contributed by atoms with Crippen LogP contribution in [0.1, 0.15) is 43.7 Å². The summed E-state index contributed by atoms with van der Waals surface area (Å²) in [6.45, 7) is 2.67. The van der Waals surface area contributed by atoms with Crippen LogP contribution in [-0.4, -0.2) is 47.5 Å².